The first kappa shape index (κ1) is 15.6. The van der Waals surface area contributed by atoms with Crippen molar-refractivity contribution in [1.29, 1.82) is 0 Å². The van der Waals surface area contributed by atoms with Crippen LogP contribution in [0.3, 0.4) is 0 Å². The van der Waals surface area contributed by atoms with E-state index in [-0.39, 0.29) is 18.0 Å². The number of aromatic nitrogens is 4. The summed E-state index contributed by atoms with van der Waals surface area (Å²) in [5.74, 6) is 0.832. The minimum absolute atomic E-state index is 0.0879. The van der Waals surface area contributed by atoms with Gasteiger partial charge in [0.25, 0.3) is 5.91 Å². The number of amides is 1. The third-order valence-electron chi connectivity index (χ3n) is 4.60. The standard InChI is InChI=1S/C18H19N5O2/c1-12-21-22-18(25-12)14-5-2-4-13(10-14)17(24)20-15-6-3-7-16(15)23-9-8-19-11-23/h2,4-5,8-11,15-16H,3,6-7H2,1H3,(H,20,24)/t15-,16+/m1/s1. The molecule has 0 bridgehead atoms. The van der Waals surface area contributed by atoms with Crippen LogP contribution in [0.25, 0.3) is 11.5 Å². The van der Waals surface area contributed by atoms with Gasteiger partial charge in [-0.2, -0.15) is 0 Å². The van der Waals surface area contributed by atoms with E-state index in [4.69, 9.17) is 4.42 Å². The first-order chi connectivity index (χ1) is 12.2. The van der Waals surface area contributed by atoms with E-state index in [0.717, 1.165) is 24.8 Å². The lowest BCUT2D eigenvalue weighted by Crippen LogP contribution is -2.38. The number of rotatable bonds is 4. The van der Waals surface area contributed by atoms with Gasteiger partial charge in [-0.15, -0.1) is 10.2 Å². The molecule has 1 N–H and O–H groups in total. The monoisotopic (exact) mass is 337 g/mol. The van der Waals surface area contributed by atoms with Gasteiger partial charge in [0.15, 0.2) is 0 Å². The van der Waals surface area contributed by atoms with E-state index in [1.54, 1.807) is 25.3 Å². The van der Waals surface area contributed by atoms with E-state index in [0.29, 0.717) is 17.3 Å². The van der Waals surface area contributed by atoms with Crippen LogP contribution in [0.4, 0.5) is 0 Å². The number of hydrogen-bond donors (Lipinski definition) is 1. The minimum atomic E-state index is -0.0879. The van der Waals surface area contributed by atoms with Crippen molar-refractivity contribution in [2.45, 2.75) is 38.3 Å². The highest BCUT2D eigenvalue weighted by Gasteiger charge is 2.29. The predicted molar refractivity (Wildman–Crippen MR) is 90.8 cm³/mol. The second-order valence-electron chi connectivity index (χ2n) is 6.30. The van der Waals surface area contributed by atoms with Gasteiger partial charge in [-0.05, 0) is 37.5 Å². The molecule has 2 atom stereocenters. The highest BCUT2D eigenvalue weighted by atomic mass is 16.4. The van der Waals surface area contributed by atoms with E-state index < -0.39 is 0 Å². The fourth-order valence-electron chi connectivity index (χ4n) is 3.39. The summed E-state index contributed by atoms with van der Waals surface area (Å²) in [6.07, 6.45) is 8.64. The van der Waals surface area contributed by atoms with Crippen LogP contribution < -0.4 is 5.32 Å². The van der Waals surface area contributed by atoms with E-state index >= 15 is 0 Å². The molecule has 25 heavy (non-hydrogen) atoms. The van der Waals surface area contributed by atoms with E-state index in [9.17, 15) is 4.79 Å². The first-order valence-electron chi connectivity index (χ1n) is 8.39. The van der Waals surface area contributed by atoms with Gasteiger partial charge in [0.05, 0.1) is 12.4 Å². The highest BCUT2D eigenvalue weighted by Crippen LogP contribution is 2.30. The first-order valence-corrected chi connectivity index (χ1v) is 8.39. The summed E-state index contributed by atoms with van der Waals surface area (Å²) in [5, 5.41) is 11.0. The van der Waals surface area contributed by atoms with Crippen LogP contribution in [0, 0.1) is 6.92 Å². The Kier molecular flexibility index (Phi) is 4.05. The van der Waals surface area contributed by atoms with Crippen LogP contribution in [0.5, 0.6) is 0 Å². The number of carbonyl (C=O) groups is 1. The Hall–Kier alpha value is -2.96. The van der Waals surface area contributed by atoms with Crippen molar-refractivity contribution in [2.24, 2.45) is 0 Å². The summed E-state index contributed by atoms with van der Waals surface area (Å²) in [6.45, 7) is 1.74. The maximum absolute atomic E-state index is 12.7. The zero-order valence-electron chi connectivity index (χ0n) is 13.9. The lowest BCUT2D eigenvalue weighted by molar-refractivity contribution is 0.0929. The molecule has 1 fully saturated rings. The lowest BCUT2D eigenvalue weighted by Gasteiger charge is -2.22. The molecule has 2 heterocycles. The zero-order valence-corrected chi connectivity index (χ0v) is 13.9. The molecule has 128 valence electrons. The van der Waals surface area contributed by atoms with Crippen LogP contribution in [-0.2, 0) is 0 Å². The quantitative estimate of drug-likeness (QED) is 0.791. The maximum atomic E-state index is 12.7. The summed E-state index contributed by atoms with van der Waals surface area (Å²) >= 11 is 0. The molecule has 0 radical (unpaired) electrons. The summed E-state index contributed by atoms with van der Waals surface area (Å²) < 4.78 is 7.52. The van der Waals surface area contributed by atoms with Gasteiger partial charge < -0.3 is 14.3 Å². The van der Waals surface area contributed by atoms with E-state index in [1.807, 2.05) is 24.7 Å². The summed E-state index contributed by atoms with van der Waals surface area (Å²) in [5.41, 5.74) is 1.33. The smallest absolute Gasteiger partial charge is 0.251 e. The van der Waals surface area contributed by atoms with Crippen molar-refractivity contribution < 1.29 is 9.21 Å². The Morgan fingerprint density at radius 3 is 3.00 bits per heavy atom. The molecule has 3 aromatic rings. The summed E-state index contributed by atoms with van der Waals surface area (Å²) in [4.78, 5) is 16.8. The second kappa shape index (κ2) is 6.51. The lowest BCUT2D eigenvalue weighted by atomic mass is 10.1. The molecule has 7 heteroatoms. The average molecular weight is 337 g/mol. The molecular formula is C18H19N5O2. The predicted octanol–water partition coefficient (Wildman–Crippen LogP) is 2.77. The highest BCUT2D eigenvalue weighted by molar-refractivity contribution is 5.95. The topological polar surface area (TPSA) is 85.8 Å². The Bertz CT molecular complexity index is 871. The van der Waals surface area contributed by atoms with Gasteiger partial charge in [0, 0.05) is 36.5 Å². The molecule has 1 aliphatic rings. The van der Waals surface area contributed by atoms with E-state index in [1.165, 1.54) is 0 Å². The maximum Gasteiger partial charge on any atom is 0.251 e. The molecule has 7 nitrogen and oxygen atoms in total. The fraction of sp³-hybridized carbons (Fsp3) is 0.333. The van der Waals surface area contributed by atoms with E-state index in [2.05, 4.69) is 25.1 Å². The molecule has 1 saturated carbocycles. The number of aryl methyl sites for hydroxylation is 1. The Morgan fingerprint density at radius 1 is 1.32 bits per heavy atom. The minimum Gasteiger partial charge on any atom is -0.421 e. The van der Waals surface area contributed by atoms with Crippen LogP contribution in [0.15, 0.2) is 47.4 Å². The van der Waals surface area contributed by atoms with Crippen molar-refractivity contribution in [2.75, 3.05) is 0 Å². The molecule has 4 rings (SSSR count). The Balaban J connectivity index is 1.51. The molecule has 0 saturated heterocycles. The molecule has 0 unspecified atom stereocenters. The second-order valence-corrected chi connectivity index (χ2v) is 6.30. The molecular weight excluding hydrogens is 318 g/mol. The summed E-state index contributed by atoms with van der Waals surface area (Å²) in [6, 6.07) is 7.62. The van der Waals surface area contributed by atoms with Crippen LogP contribution in [-0.4, -0.2) is 31.7 Å². The Labute approximate surface area is 145 Å². The van der Waals surface area contributed by atoms with Gasteiger partial charge in [-0.25, -0.2) is 4.98 Å². The summed E-state index contributed by atoms with van der Waals surface area (Å²) in [7, 11) is 0. The molecule has 1 amide bonds. The molecule has 0 aliphatic heterocycles. The number of nitrogens with zero attached hydrogens (tertiary/aromatic N) is 4. The van der Waals surface area contributed by atoms with Crippen molar-refractivity contribution in [3.8, 4) is 11.5 Å². The van der Waals surface area contributed by atoms with Crippen LogP contribution >= 0.6 is 0 Å². The van der Waals surface area contributed by atoms with Crippen LogP contribution in [0.2, 0.25) is 0 Å². The van der Waals surface area contributed by atoms with Crippen LogP contribution in [0.1, 0.15) is 41.6 Å². The molecule has 0 spiro atoms. The molecule has 1 aromatic carbocycles. The fourth-order valence-corrected chi connectivity index (χ4v) is 3.39. The third-order valence-corrected chi connectivity index (χ3v) is 4.60. The Morgan fingerprint density at radius 2 is 2.24 bits per heavy atom. The largest absolute Gasteiger partial charge is 0.421 e. The molecule has 2 aromatic heterocycles. The average Bonchev–Trinajstić information content (AvgIpc) is 3.35. The van der Waals surface area contributed by atoms with Gasteiger partial charge >= 0.3 is 0 Å². The number of imidazole rings is 1. The van der Waals surface area contributed by atoms with Gasteiger partial charge in [-0.3, -0.25) is 4.79 Å². The number of nitrogens with one attached hydrogen (secondary N) is 1. The number of carbonyl (C=O) groups excluding carboxylic acids is 1. The van der Waals surface area contributed by atoms with Gasteiger partial charge in [0.2, 0.25) is 11.8 Å². The van der Waals surface area contributed by atoms with Gasteiger partial charge in [-0.1, -0.05) is 6.07 Å². The number of benzene rings is 1. The van der Waals surface area contributed by atoms with Crippen molar-refractivity contribution in [1.82, 2.24) is 25.1 Å². The van der Waals surface area contributed by atoms with Crippen molar-refractivity contribution >= 4 is 5.91 Å². The molecule has 1 aliphatic carbocycles. The normalized spacial score (nSPS) is 19.9. The zero-order chi connectivity index (χ0) is 17.2. The SMILES string of the molecule is Cc1nnc(-c2cccc(C(=O)N[C@@H]3CCC[C@@H]3n3ccnc3)c2)o1. The third kappa shape index (κ3) is 3.17. The van der Waals surface area contributed by atoms with Crippen molar-refractivity contribution in [3.63, 3.8) is 0 Å². The number of hydrogen-bond acceptors (Lipinski definition) is 5. The van der Waals surface area contributed by atoms with Crippen molar-refractivity contribution in [3.05, 3.63) is 54.4 Å². The van der Waals surface area contributed by atoms with Gasteiger partial charge in [0.1, 0.15) is 0 Å².